The monoisotopic (exact) mass is 438 g/mol. The van der Waals surface area contributed by atoms with Gasteiger partial charge in [0.1, 0.15) is 6.10 Å². The lowest BCUT2D eigenvalue weighted by Gasteiger charge is -2.35. The molecule has 2 aliphatic heterocycles. The van der Waals surface area contributed by atoms with Gasteiger partial charge in [0.05, 0.1) is 59.5 Å². The van der Waals surface area contributed by atoms with E-state index in [1.165, 1.54) is 0 Å². The second-order valence-electron chi connectivity index (χ2n) is 9.27. The van der Waals surface area contributed by atoms with Crippen molar-refractivity contribution in [1.29, 1.82) is 0 Å². The summed E-state index contributed by atoms with van der Waals surface area (Å²) in [6, 6.07) is 10.1. The van der Waals surface area contributed by atoms with Gasteiger partial charge in [-0.2, -0.15) is 0 Å². The third-order valence-electron chi connectivity index (χ3n) is 5.31. The minimum absolute atomic E-state index is 0.163. The summed E-state index contributed by atoms with van der Waals surface area (Å²) in [7, 11) is 0. The van der Waals surface area contributed by atoms with Crippen LogP contribution in [-0.4, -0.2) is 70.5 Å². The Labute approximate surface area is 186 Å². The summed E-state index contributed by atoms with van der Waals surface area (Å²) in [4.78, 5) is 0. The van der Waals surface area contributed by atoms with Gasteiger partial charge >= 0.3 is 0 Å². The predicted molar refractivity (Wildman–Crippen MR) is 116 cm³/mol. The first-order chi connectivity index (χ1) is 14.8. The average molecular weight is 439 g/mol. The maximum Gasteiger partial charge on any atom is 0.162 e. The van der Waals surface area contributed by atoms with Gasteiger partial charge in [0, 0.05) is 11.8 Å². The van der Waals surface area contributed by atoms with Crippen molar-refractivity contribution in [3.05, 3.63) is 35.9 Å². The molecule has 0 aliphatic carbocycles. The van der Waals surface area contributed by atoms with E-state index in [4.69, 9.17) is 33.2 Å². The van der Waals surface area contributed by atoms with Crippen LogP contribution in [-0.2, 0) is 39.8 Å². The highest BCUT2D eigenvalue weighted by Gasteiger charge is 2.29. The molecule has 31 heavy (non-hydrogen) atoms. The maximum atomic E-state index is 6.10. The molecule has 2 saturated heterocycles. The van der Waals surface area contributed by atoms with Crippen molar-refractivity contribution in [2.75, 3.05) is 52.9 Å². The smallest absolute Gasteiger partial charge is 0.162 e. The molecule has 176 valence electrons. The van der Waals surface area contributed by atoms with Crippen LogP contribution in [0.3, 0.4) is 0 Å². The molecule has 1 aromatic carbocycles. The minimum Gasteiger partial charge on any atom is -0.378 e. The van der Waals surface area contributed by atoms with Crippen LogP contribution in [0.2, 0.25) is 0 Å². The van der Waals surface area contributed by atoms with Crippen LogP contribution >= 0.6 is 0 Å². The van der Waals surface area contributed by atoms with Crippen molar-refractivity contribution in [3.63, 3.8) is 0 Å². The third kappa shape index (κ3) is 9.14. The number of hydrogen-bond donors (Lipinski definition) is 0. The normalized spacial score (nSPS) is 22.1. The molecule has 0 amide bonds. The second-order valence-corrected chi connectivity index (χ2v) is 9.27. The Hall–Kier alpha value is -1.06. The first-order valence-electron chi connectivity index (χ1n) is 11.2. The summed E-state index contributed by atoms with van der Waals surface area (Å²) >= 11 is 0. The quantitative estimate of drug-likeness (QED) is 0.525. The lowest BCUT2D eigenvalue weighted by atomic mass is 10.1. The Morgan fingerprint density at radius 1 is 0.774 bits per heavy atom. The zero-order chi connectivity index (χ0) is 22.2. The van der Waals surface area contributed by atoms with Crippen molar-refractivity contribution < 1.29 is 33.2 Å². The molecule has 2 fully saturated rings. The average Bonchev–Trinajstić information content (AvgIpc) is 2.74. The standard InChI is InChI=1S/C24H38O7/c1-23(2)28-13-20(14-29-23)10-25-17-22(27-12-19-8-6-5-7-9-19)18-26-11-21-15-30-24(3,4)31-16-21/h5-9,20-22H,10-18H2,1-4H3. The van der Waals surface area contributed by atoms with Crippen molar-refractivity contribution >= 4 is 0 Å². The predicted octanol–water partition coefficient (Wildman–Crippen LogP) is 3.40. The summed E-state index contributed by atoms with van der Waals surface area (Å²) in [5.41, 5.74) is 1.13. The Morgan fingerprint density at radius 3 is 1.68 bits per heavy atom. The van der Waals surface area contributed by atoms with E-state index in [1.54, 1.807) is 0 Å². The summed E-state index contributed by atoms with van der Waals surface area (Å²) < 4.78 is 40.8. The van der Waals surface area contributed by atoms with E-state index in [-0.39, 0.29) is 17.9 Å². The van der Waals surface area contributed by atoms with Crippen molar-refractivity contribution in [2.45, 2.75) is 52.0 Å². The summed E-state index contributed by atoms with van der Waals surface area (Å²) in [6.07, 6.45) is -0.163. The molecule has 7 heteroatoms. The first kappa shape index (κ1) is 24.6. The van der Waals surface area contributed by atoms with Crippen molar-refractivity contribution in [1.82, 2.24) is 0 Å². The van der Waals surface area contributed by atoms with Crippen LogP contribution in [0.15, 0.2) is 30.3 Å². The zero-order valence-electron chi connectivity index (χ0n) is 19.3. The van der Waals surface area contributed by atoms with Gasteiger partial charge in [0.2, 0.25) is 0 Å². The van der Waals surface area contributed by atoms with E-state index >= 15 is 0 Å². The number of ether oxygens (including phenoxy) is 7. The molecule has 1 aromatic rings. The summed E-state index contributed by atoms with van der Waals surface area (Å²) in [5.74, 6) is -0.562. The molecule has 0 atom stereocenters. The van der Waals surface area contributed by atoms with Gasteiger partial charge in [-0.25, -0.2) is 0 Å². The Morgan fingerprint density at radius 2 is 1.23 bits per heavy atom. The molecule has 0 unspecified atom stereocenters. The van der Waals surface area contributed by atoms with Crippen LogP contribution in [0.5, 0.6) is 0 Å². The molecular weight excluding hydrogens is 400 g/mol. The van der Waals surface area contributed by atoms with Gasteiger partial charge < -0.3 is 33.2 Å². The second kappa shape index (κ2) is 11.7. The molecule has 0 saturated carbocycles. The highest BCUT2D eigenvalue weighted by atomic mass is 16.7. The van der Waals surface area contributed by atoms with E-state index in [2.05, 4.69) is 12.1 Å². The highest BCUT2D eigenvalue weighted by molar-refractivity contribution is 5.13. The minimum atomic E-state index is -0.507. The topological polar surface area (TPSA) is 64.6 Å². The fourth-order valence-corrected chi connectivity index (χ4v) is 3.31. The van der Waals surface area contributed by atoms with Gasteiger partial charge in [-0.05, 0) is 33.3 Å². The fourth-order valence-electron chi connectivity index (χ4n) is 3.31. The van der Waals surface area contributed by atoms with Crippen molar-refractivity contribution in [3.8, 4) is 0 Å². The largest absolute Gasteiger partial charge is 0.378 e. The molecule has 2 heterocycles. The van der Waals surface area contributed by atoms with E-state index in [1.807, 2.05) is 45.9 Å². The number of rotatable bonds is 11. The van der Waals surface area contributed by atoms with Gasteiger partial charge in [-0.3, -0.25) is 0 Å². The lowest BCUT2D eigenvalue weighted by molar-refractivity contribution is -0.268. The Kier molecular flexibility index (Phi) is 9.28. The molecule has 0 bridgehead atoms. The Balaban J connectivity index is 1.39. The van der Waals surface area contributed by atoms with Gasteiger partial charge in [0.15, 0.2) is 11.6 Å². The van der Waals surface area contributed by atoms with Gasteiger partial charge in [0.25, 0.3) is 0 Å². The van der Waals surface area contributed by atoms with E-state index in [0.29, 0.717) is 59.5 Å². The molecule has 3 rings (SSSR count). The third-order valence-corrected chi connectivity index (χ3v) is 5.31. The van der Waals surface area contributed by atoms with E-state index in [0.717, 1.165) is 5.56 Å². The molecular formula is C24H38O7. The van der Waals surface area contributed by atoms with Crippen LogP contribution in [0.1, 0.15) is 33.3 Å². The molecule has 0 spiro atoms. The molecule has 7 nitrogen and oxygen atoms in total. The highest BCUT2D eigenvalue weighted by Crippen LogP contribution is 2.22. The maximum absolute atomic E-state index is 6.10. The number of benzene rings is 1. The fraction of sp³-hybridized carbons (Fsp3) is 0.750. The summed E-state index contributed by atoms with van der Waals surface area (Å²) in [5, 5.41) is 0. The van der Waals surface area contributed by atoms with Crippen LogP contribution < -0.4 is 0 Å². The van der Waals surface area contributed by atoms with Crippen LogP contribution in [0.4, 0.5) is 0 Å². The molecule has 0 N–H and O–H groups in total. The van der Waals surface area contributed by atoms with Gasteiger partial charge in [-0.1, -0.05) is 30.3 Å². The SMILES string of the molecule is CC1(C)OCC(COCC(COCC2COC(C)(C)OC2)OCc2ccccc2)CO1. The van der Waals surface area contributed by atoms with Gasteiger partial charge in [-0.15, -0.1) is 0 Å². The Bertz CT molecular complexity index is 580. The first-order valence-corrected chi connectivity index (χ1v) is 11.2. The zero-order valence-corrected chi connectivity index (χ0v) is 19.3. The number of hydrogen-bond acceptors (Lipinski definition) is 7. The molecule has 0 aromatic heterocycles. The molecule has 2 aliphatic rings. The van der Waals surface area contributed by atoms with Crippen molar-refractivity contribution in [2.24, 2.45) is 11.8 Å². The van der Waals surface area contributed by atoms with E-state index < -0.39 is 11.6 Å². The van der Waals surface area contributed by atoms with Crippen LogP contribution in [0, 0.1) is 11.8 Å². The van der Waals surface area contributed by atoms with E-state index in [9.17, 15) is 0 Å². The lowest BCUT2D eigenvalue weighted by Crippen LogP contribution is -2.41. The summed E-state index contributed by atoms with van der Waals surface area (Å²) in [6.45, 7) is 12.8. The van der Waals surface area contributed by atoms with Crippen LogP contribution in [0.25, 0.3) is 0 Å². The molecule has 0 radical (unpaired) electrons.